The molecule has 0 unspecified atom stereocenters. The summed E-state index contributed by atoms with van der Waals surface area (Å²) in [5.74, 6) is 0.0290. The second kappa shape index (κ2) is 9.94. The van der Waals surface area contributed by atoms with Crippen molar-refractivity contribution < 1.29 is 13.2 Å². The van der Waals surface area contributed by atoms with E-state index in [4.69, 9.17) is 0 Å². The number of hydrogen-bond acceptors (Lipinski definition) is 3. The quantitative estimate of drug-likeness (QED) is 0.463. The lowest BCUT2D eigenvalue weighted by Gasteiger charge is -2.23. The van der Waals surface area contributed by atoms with Gasteiger partial charge in [0.15, 0.2) is 0 Å². The number of rotatable bonds is 10. The molecule has 0 aliphatic heterocycles. The number of sulfone groups is 1. The molecule has 0 atom stereocenters. The molecule has 0 bridgehead atoms. The van der Waals surface area contributed by atoms with Crippen LogP contribution in [0, 0.1) is 0 Å². The maximum atomic E-state index is 13.3. The van der Waals surface area contributed by atoms with Gasteiger partial charge in [0.1, 0.15) is 6.54 Å². The molecule has 160 valence electrons. The van der Waals surface area contributed by atoms with E-state index in [1.165, 1.54) is 0 Å². The first-order valence-corrected chi connectivity index (χ1v) is 12.1. The molecule has 30 heavy (non-hydrogen) atoms. The third kappa shape index (κ3) is 4.75. The zero-order valence-electron chi connectivity index (χ0n) is 17.8. The minimum atomic E-state index is -3.67. The average Bonchev–Trinajstić information content (AvgIpc) is 3.13. The molecule has 0 saturated heterocycles. The lowest BCUT2D eigenvalue weighted by molar-refractivity contribution is -0.131. The Hall–Kier alpha value is -2.60. The molecular weight excluding hydrogens is 396 g/mol. The van der Waals surface area contributed by atoms with Crippen LogP contribution in [0.2, 0.25) is 0 Å². The fourth-order valence-corrected chi connectivity index (χ4v) is 5.09. The molecule has 0 aliphatic rings. The molecule has 3 aromatic rings. The molecule has 0 spiro atoms. The van der Waals surface area contributed by atoms with Crippen molar-refractivity contribution in [3.05, 3.63) is 60.8 Å². The lowest BCUT2D eigenvalue weighted by Crippen LogP contribution is -2.35. The van der Waals surface area contributed by atoms with Gasteiger partial charge in [0.25, 0.3) is 0 Å². The van der Waals surface area contributed by atoms with Crippen LogP contribution in [0.4, 0.5) is 0 Å². The van der Waals surface area contributed by atoms with Crippen LogP contribution in [0.5, 0.6) is 0 Å². The van der Waals surface area contributed by atoms with Crippen molar-refractivity contribution in [3.63, 3.8) is 0 Å². The molecule has 1 aromatic heterocycles. The summed E-state index contributed by atoms with van der Waals surface area (Å²) >= 11 is 0. The van der Waals surface area contributed by atoms with Crippen molar-refractivity contribution in [2.45, 2.75) is 55.9 Å². The van der Waals surface area contributed by atoms with Crippen molar-refractivity contribution in [2.75, 3.05) is 13.1 Å². The van der Waals surface area contributed by atoms with E-state index in [-0.39, 0.29) is 22.2 Å². The van der Waals surface area contributed by atoms with Gasteiger partial charge in [-0.1, -0.05) is 63.1 Å². The van der Waals surface area contributed by atoms with Gasteiger partial charge < -0.3 is 9.47 Å². The van der Waals surface area contributed by atoms with E-state index in [0.717, 1.165) is 44.3 Å². The van der Waals surface area contributed by atoms with Crippen LogP contribution in [0.15, 0.2) is 70.6 Å². The average molecular weight is 427 g/mol. The number of para-hydroxylation sites is 1. The number of hydrogen-bond donors (Lipinski definition) is 0. The first-order chi connectivity index (χ1) is 14.5. The number of aromatic nitrogens is 1. The Bertz CT molecular complexity index is 1080. The van der Waals surface area contributed by atoms with Crippen LogP contribution < -0.4 is 0 Å². The Morgan fingerprint density at radius 1 is 0.900 bits per heavy atom. The normalized spacial score (nSPS) is 11.7. The zero-order valence-corrected chi connectivity index (χ0v) is 18.6. The molecule has 0 fully saturated rings. The molecule has 0 saturated carbocycles. The zero-order chi connectivity index (χ0) is 21.6. The van der Waals surface area contributed by atoms with Crippen molar-refractivity contribution in [1.82, 2.24) is 9.47 Å². The molecule has 2 aromatic carbocycles. The second-order valence-corrected chi connectivity index (χ2v) is 9.46. The van der Waals surface area contributed by atoms with Gasteiger partial charge in [-0.25, -0.2) is 8.42 Å². The topological polar surface area (TPSA) is 59.4 Å². The smallest absolute Gasteiger partial charge is 0.242 e. The molecule has 5 nitrogen and oxygen atoms in total. The van der Waals surface area contributed by atoms with Crippen molar-refractivity contribution in [3.8, 4) is 0 Å². The highest BCUT2D eigenvalue weighted by Crippen LogP contribution is 2.30. The van der Waals surface area contributed by atoms with E-state index in [1.54, 1.807) is 47.2 Å². The van der Waals surface area contributed by atoms with Crippen LogP contribution in [-0.4, -0.2) is 36.9 Å². The number of carbonyl (C=O) groups excluding carboxylic acids is 1. The fraction of sp³-hybridized carbons (Fsp3) is 0.375. The number of amides is 1. The Kier molecular flexibility index (Phi) is 7.32. The molecule has 1 amide bonds. The third-order valence-electron chi connectivity index (χ3n) is 5.32. The largest absolute Gasteiger partial charge is 0.341 e. The van der Waals surface area contributed by atoms with Gasteiger partial charge in [0, 0.05) is 30.2 Å². The fourth-order valence-electron chi connectivity index (χ4n) is 3.59. The number of nitrogens with zero attached hydrogens (tertiary/aromatic N) is 2. The van der Waals surface area contributed by atoms with Crippen LogP contribution in [0.25, 0.3) is 10.9 Å². The Morgan fingerprint density at radius 3 is 2.13 bits per heavy atom. The van der Waals surface area contributed by atoms with Crippen LogP contribution in [0.1, 0.15) is 39.5 Å². The van der Waals surface area contributed by atoms with Crippen molar-refractivity contribution in [1.29, 1.82) is 0 Å². The van der Waals surface area contributed by atoms with Gasteiger partial charge in [-0.15, -0.1) is 0 Å². The SMILES string of the molecule is CCCCN(CCCC)C(=O)Cn1cc(S(=O)(=O)c2ccccc2)c2ccccc21. The Morgan fingerprint density at radius 2 is 1.50 bits per heavy atom. The maximum absolute atomic E-state index is 13.3. The van der Waals surface area contributed by atoms with E-state index in [2.05, 4.69) is 13.8 Å². The summed E-state index contributed by atoms with van der Waals surface area (Å²) in [6, 6.07) is 15.8. The molecule has 1 heterocycles. The second-order valence-electron chi connectivity index (χ2n) is 7.54. The minimum Gasteiger partial charge on any atom is -0.341 e. The van der Waals surface area contributed by atoms with E-state index in [9.17, 15) is 13.2 Å². The minimum absolute atomic E-state index is 0.0290. The third-order valence-corrected chi connectivity index (χ3v) is 7.11. The number of carbonyl (C=O) groups is 1. The standard InChI is InChI=1S/C24H30N2O3S/c1-3-5-16-25(17-6-4-2)24(27)19-26-18-23(21-14-10-11-15-22(21)26)30(28,29)20-12-8-7-9-13-20/h7-15,18H,3-6,16-17,19H2,1-2H3. The molecular formula is C24H30N2O3S. The van der Waals surface area contributed by atoms with Gasteiger partial charge in [-0.3, -0.25) is 4.79 Å². The van der Waals surface area contributed by atoms with Crippen molar-refractivity contribution in [2.24, 2.45) is 0 Å². The van der Waals surface area contributed by atoms with Gasteiger partial charge in [-0.05, 0) is 31.0 Å². The predicted molar refractivity (Wildman–Crippen MR) is 120 cm³/mol. The highest BCUT2D eigenvalue weighted by molar-refractivity contribution is 7.91. The summed E-state index contributed by atoms with van der Waals surface area (Å²) < 4.78 is 28.3. The van der Waals surface area contributed by atoms with E-state index < -0.39 is 9.84 Å². The number of unbranched alkanes of at least 4 members (excludes halogenated alkanes) is 2. The van der Waals surface area contributed by atoms with E-state index in [0.29, 0.717) is 5.39 Å². The Balaban J connectivity index is 1.97. The van der Waals surface area contributed by atoms with E-state index in [1.807, 2.05) is 23.1 Å². The summed E-state index contributed by atoms with van der Waals surface area (Å²) in [5.41, 5.74) is 0.756. The highest BCUT2D eigenvalue weighted by atomic mass is 32.2. The molecule has 0 N–H and O–H groups in total. The van der Waals surface area contributed by atoms with Gasteiger partial charge in [0.2, 0.25) is 15.7 Å². The van der Waals surface area contributed by atoms with Crippen LogP contribution in [-0.2, 0) is 21.2 Å². The van der Waals surface area contributed by atoms with Gasteiger partial charge in [-0.2, -0.15) is 0 Å². The summed E-state index contributed by atoms with van der Waals surface area (Å²) in [6.45, 7) is 5.84. The predicted octanol–water partition coefficient (Wildman–Crippen LogP) is 4.90. The lowest BCUT2D eigenvalue weighted by atomic mass is 10.2. The number of fused-ring (bicyclic) bond motifs is 1. The molecule has 6 heteroatoms. The van der Waals surface area contributed by atoms with E-state index >= 15 is 0 Å². The van der Waals surface area contributed by atoms with Crippen LogP contribution in [0.3, 0.4) is 0 Å². The first-order valence-electron chi connectivity index (χ1n) is 10.6. The summed E-state index contributed by atoms with van der Waals surface area (Å²) in [6.07, 6.45) is 5.61. The van der Waals surface area contributed by atoms with Crippen molar-refractivity contribution >= 4 is 26.6 Å². The highest BCUT2D eigenvalue weighted by Gasteiger charge is 2.24. The molecule has 3 rings (SSSR count). The summed E-state index contributed by atoms with van der Waals surface area (Å²) in [7, 11) is -3.67. The summed E-state index contributed by atoms with van der Waals surface area (Å²) in [4.78, 5) is 15.5. The summed E-state index contributed by atoms with van der Waals surface area (Å²) in [5, 5.41) is 0.641. The Labute approximate surface area is 179 Å². The number of benzene rings is 2. The molecule has 0 radical (unpaired) electrons. The maximum Gasteiger partial charge on any atom is 0.242 e. The molecule has 0 aliphatic carbocycles. The first kappa shape index (κ1) is 22.1. The van der Waals surface area contributed by atoms with Crippen LogP contribution >= 0.6 is 0 Å². The van der Waals surface area contributed by atoms with Gasteiger partial charge in [0.05, 0.1) is 9.79 Å². The monoisotopic (exact) mass is 426 g/mol. The van der Waals surface area contributed by atoms with Gasteiger partial charge >= 0.3 is 0 Å².